The molecule has 3 aromatic heterocycles. The standard InChI is InChI=1S/C18H14FN5OS/c19-12-3-5-14(6-4-12)24-8-7-13(23-24)10-18(25)20-17-11-15(21-22-17)16-2-1-9-26-16/h1-9,11H,10H2,(H2,20,21,22,25). The number of hydrogen-bond acceptors (Lipinski definition) is 4. The first kappa shape index (κ1) is 16.2. The molecule has 0 atom stereocenters. The van der Waals surface area contributed by atoms with E-state index in [0.717, 1.165) is 16.3 Å². The molecule has 1 aromatic carbocycles. The van der Waals surface area contributed by atoms with Gasteiger partial charge in [-0.1, -0.05) is 6.07 Å². The lowest BCUT2D eigenvalue weighted by atomic mass is 10.3. The SMILES string of the molecule is O=C(Cc1ccn(-c2ccc(F)cc2)n1)Nc1cc(-c2cccs2)[nH]n1. The van der Waals surface area contributed by atoms with Gasteiger partial charge in [-0.25, -0.2) is 9.07 Å². The van der Waals surface area contributed by atoms with Gasteiger partial charge in [-0.05, 0) is 41.8 Å². The van der Waals surface area contributed by atoms with Gasteiger partial charge in [-0.2, -0.15) is 10.2 Å². The van der Waals surface area contributed by atoms with E-state index in [4.69, 9.17) is 0 Å². The highest BCUT2D eigenvalue weighted by atomic mass is 32.1. The van der Waals surface area contributed by atoms with Crippen LogP contribution in [0, 0.1) is 5.82 Å². The van der Waals surface area contributed by atoms with Crippen molar-refractivity contribution in [3.8, 4) is 16.3 Å². The summed E-state index contributed by atoms with van der Waals surface area (Å²) in [7, 11) is 0. The Kier molecular flexibility index (Phi) is 4.32. The first-order valence-corrected chi connectivity index (χ1v) is 8.75. The van der Waals surface area contributed by atoms with Gasteiger partial charge in [-0.15, -0.1) is 11.3 Å². The van der Waals surface area contributed by atoms with Crippen LogP contribution in [0.1, 0.15) is 5.69 Å². The zero-order valence-electron chi connectivity index (χ0n) is 13.5. The largest absolute Gasteiger partial charge is 0.309 e. The number of aromatic nitrogens is 4. The van der Waals surface area contributed by atoms with Crippen LogP contribution in [0.15, 0.2) is 60.1 Å². The Morgan fingerprint density at radius 2 is 2.08 bits per heavy atom. The number of amides is 1. The fraction of sp³-hybridized carbons (Fsp3) is 0.0556. The molecule has 0 saturated carbocycles. The van der Waals surface area contributed by atoms with Crippen molar-refractivity contribution in [3.05, 3.63) is 71.6 Å². The van der Waals surface area contributed by atoms with Crippen LogP contribution in [-0.4, -0.2) is 25.9 Å². The summed E-state index contributed by atoms with van der Waals surface area (Å²) in [5, 5.41) is 16.1. The van der Waals surface area contributed by atoms with Gasteiger partial charge in [0.2, 0.25) is 5.91 Å². The maximum absolute atomic E-state index is 13.0. The Morgan fingerprint density at radius 3 is 2.85 bits per heavy atom. The van der Waals surface area contributed by atoms with Crippen molar-refractivity contribution >= 4 is 23.1 Å². The molecule has 0 radical (unpaired) electrons. The Balaban J connectivity index is 1.40. The number of hydrogen-bond donors (Lipinski definition) is 2. The summed E-state index contributed by atoms with van der Waals surface area (Å²) in [6, 6.07) is 13.5. The molecule has 4 aromatic rings. The smallest absolute Gasteiger partial charge is 0.231 e. The summed E-state index contributed by atoms with van der Waals surface area (Å²) in [6.45, 7) is 0. The Hall–Kier alpha value is -3.26. The predicted molar refractivity (Wildman–Crippen MR) is 97.8 cm³/mol. The van der Waals surface area contributed by atoms with E-state index in [0.29, 0.717) is 11.5 Å². The summed E-state index contributed by atoms with van der Waals surface area (Å²) < 4.78 is 14.6. The molecule has 0 aliphatic carbocycles. The lowest BCUT2D eigenvalue weighted by Crippen LogP contribution is -2.15. The van der Waals surface area contributed by atoms with Gasteiger partial charge in [0.25, 0.3) is 0 Å². The van der Waals surface area contributed by atoms with Gasteiger partial charge < -0.3 is 5.32 Å². The number of anilines is 1. The minimum absolute atomic E-state index is 0.120. The van der Waals surface area contributed by atoms with Crippen molar-refractivity contribution in [1.29, 1.82) is 0 Å². The molecular formula is C18H14FN5OS. The molecule has 1 amide bonds. The normalized spacial score (nSPS) is 10.8. The fourth-order valence-corrected chi connectivity index (χ4v) is 3.18. The van der Waals surface area contributed by atoms with Crippen molar-refractivity contribution in [2.45, 2.75) is 6.42 Å². The van der Waals surface area contributed by atoms with Crippen LogP contribution in [0.3, 0.4) is 0 Å². The first-order chi connectivity index (χ1) is 12.7. The molecule has 130 valence electrons. The lowest BCUT2D eigenvalue weighted by molar-refractivity contribution is -0.115. The summed E-state index contributed by atoms with van der Waals surface area (Å²) in [5.41, 5.74) is 2.20. The van der Waals surface area contributed by atoms with E-state index >= 15 is 0 Å². The minimum atomic E-state index is -0.304. The number of nitrogens with one attached hydrogen (secondary N) is 2. The second-order valence-electron chi connectivity index (χ2n) is 5.60. The summed E-state index contributed by atoms with van der Waals surface area (Å²) in [4.78, 5) is 13.3. The molecule has 0 saturated heterocycles. The molecule has 0 bridgehead atoms. The van der Waals surface area contributed by atoms with Gasteiger partial charge >= 0.3 is 0 Å². The van der Waals surface area contributed by atoms with E-state index in [1.165, 1.54) is 12.1 Å². The van der Waals surface area contributed by atoms with Crippen molar-refractivity contribution in [2.75, 3.05) is 5.32 Å². The van der Waals surface area contributed by atoms with Crippen LogP contribution in [0.4, 0.5) is 10.2 Å². The number of halogens is 1. The van der Waals surface area contributed by atoms with Gasteiger partial charge in [-0.3, -0.25) is 9.89 Å². The third-order valence-corrected chi connectivity index (χ3v) is 4.61. The van der Waals surface area contributed by atoms with Gasteiger partial charge in [0, 0.05) is 12.3 Å². The third kappa shape index (κ3) is 3.55. The number of benzene rings is 1. The molecule has 6 nitrogen and oxygen atoms in total. The molecule has 0 spiro atoms. The Bertz CT molecular complexity index is 1020. The van der Waals surface area contributed by atoms with Crippen LogP contribution in [0.25, 0.3) is 16.3 Å². The van der Waals surface area contributed by atoms with Crippen molar-refractivity contribution < 1.29 is 9.18 Å². The van der Waals surface area contributed by atoms with Crippen LogP contribution in [0.2, 0.25) is 0 Å². The highest BCUT2D eigenvalue weighted by Crippen LogP contribution is 2.24. The van der Waals surface area contributed by atoms with Gasteiger partial charge in [0.15, 0.2) is 5.82 Å². The number of H-pyrrole nitrogens is 1. The van der Waals surface area contributed by atoms with Crippen LogP contribution in [-0.2, 0) is 11.2 Å². The number of carbonyl (C=O) groups is 1. The van der Waals surface area contributed by atoms with Crippen LogP contribution in [0.5, 0.6) is 0 Å². The van der Waals surface area contributed by atoms with Gasteiger partial charge in [0.05, 0.1) is 28.4 Å². The Labute approximate surface area is 152 Å². The number of carbonyl (C=O) groups excluding carboxylic acids is 1. The van der Waals surface area contributed by atoms with E-state index in [9.17, 15) is 9.18 Å². The lowest BCUT2D eigenvalue weighted by Gasteiger charge is -2.01. The molecule has 0 fully saturated rings. The molecule has 2 N–H and O–H groups in total. The first-order valence-electron chi connectivity index (χ1n) is 7.87. The summed E-state index contributed by atoms with van der Waals surface area (Å²) in [6.07, 6.45) is 1.86. The molecule has 26 heavy (non-hydrogen) atoms. The number of nitrogens with zero attached hydrogens (tertiary/aromatic N) is 3. The molecule has 4 rings (SSSR count). The summed E-state index contributed by atoms with van der Waals surface area (Å²) in [5.74, 6) is -0.0450. The van der Waals surface area contributed by atoms with E-state index < -0.39 is 0 Å². The molecule has 3 heterocycles. The topological polar surface area (TPSA) is 75.6 Å². The highest BCUT2D eigenvalue weighted by Gasteiger charge is 2.11. The second kappa shape index (κ2) is 6.93. The van der Waals surface area contributed by atoms with E-state index in [1.54, 1.807) is 46.5 Å². The maximum atomic E-state index is 13.0. The van der Waals surface area contributed by atoms with Gasteiger partial charge in [0.1, 0.15) is 5.82 Å². The monoisotopic (exact) mass is 367 g/mol. The molecular weight excluding hydrogens is 353 g/mol. The predicted octanol–water partition coefficient (Wildman–Crippen LogP) is 3.64. The maximum Gasteiger partial charge on any atom is 0.231 e. The van der Waals surface area contributed by atoms with Crippen molar-refractivity contribution in [2.24, 2.45) is 0 Å². The zero-order valence-corrected chi connectivity index (χ0v) is 14.3. The average molecular weight is 367 g/mol. The molecule has 8 heteroatoms. The van der Waals surface area contributed by atoms with Crippen LogP contribution < -0.4 is 5.32 Å². The minimum Gasteiger partial charge on any atom is -0.309 e. The quantitative estimate of drug-likeness (QED) is 0.565. The molecule has 0 aliphatic heterocycles. The zero-order chi connectivity index (χ0) is 17.9. The number of rotatable bonds is 5. The van der Waals surface area contributed by atoms with Crippen LogP contribution >= 0.6 is 11.3 Å². The average Bonchev–Trinajstić information content (AvgIpc) is 3.36. The summed E-state index contributed by atoms with van der Waals surface area (Å²) >= 11 is 1.59. The van der Waals surface area contributed by atoms with Crippen molar-refractivity contribution in [1.82, 2.24) is 20.0 Å². The van der Waals surface area contributed by atoms with E-state index in [1.807, 2.05) is 17.5 Å². The van der Waals surface area contributed by atoms with E-state index in [2.05, 4.69) is 20.6 Å². The highest BCUT2D eigenvalue weighted by molar-refractivity contribution is 7.13. The molecule has 0 unspecified atom stereocenters. The Morgan fingerprint density at radius 1 is 1.23 bits per heavy atom. The van der Waals surface area contributed by atoms with E-state index in [-0.39, 0.29) is 18.1 Å². The number of thiophene rings is 1. The fourth-order valence-electron chi connectivity index (χ4n) is 2.49. The second-order valence-corrected chi connectivity index (χ2v) is 6.54. The third-order valence-electron chi connectivity index (χ3n) is 3.71. The number of aromatic amines is 1. The van der Waals surface area contributed by atoms with Crippen molar-refractivity contribution in [3.63, 3.8) is 0 Å². The molecule has 0 aliphatic rings.